The van der Waals surface area contributed by atoms with Gasteiger partial charge in [0, 0.05) is 25.8 Å². The molecular formula is C15H19N5OS. The summed E-state index contributed by atoms with van der Waals surface area (Å²) in [7, 11) is 1.78. The van der Waals surface area contributed by atoms with Crippen molar-refractivity contribution in [2.45, 2.75) is 18.9 Å². The standard InChI is InChI=1S/C15H19N5OS/c1-16-15-18-8-6-11(20-15)12-4-5-13(22-12)14(21)19-10-3-2-7-17-9-10/h4-6,8,10,17H,2-3,7,9H2,1H3,(H,19,21)(H,16,18,20). The molecule has 1 aliphatic rings. The summed E-state index contributed by atoms with van der Waals surface area (Å²) in [6.45, 7) is 1.89. The van der Waals surface area contributed by atoms with E-state index in [4.69, 9.17) is 0 Å². The van der Waals surface area contributed by atoms with Gasteiger partial charge in [0.15, 0.2) is 0 Å². The monoisotopic (exact) mass is 317 g/mol. The van der Waals surface area contributed by atoms with E-state index in [-0.39, 0.29) is 11.9 Å². The van der Waals surface area contributed by atoms with Crippen molar-refractivity contribution in [3.63, 3.8) is 0 Å². The topological polar surface area (TPSA) is 78.9 Å². The predicted molar refractivity (Wildman–Crippen MR) is 88.2 cm³/mol. The van der Waals surface area contributed by atoms with Crippen molar-refractivity contribution in [1.29, 1.82) is 0 Å². The molecule has 0 aliphatic carbocycles. The van der Waals surface area contributed by atoms with Crippen LogP contribution in [0.15, 0.2) is 24.4 Å². The SMILES string of the molecule is CNc1nccc(-c2ccc(C(=O)NC3CCCNC3)s2)n1. The van der Waals surface area contributed by atoms with Crippen LogP contribution in [0.5, 0.6) is 0 Å². The molecule has 2 aromatic heterocycles. The largest absolute Gasteiger partial charge is 0.357 e. The molecule has 1 amide bonds. The summed E-state index contributed by atoms with van der Waals surface area (Å²) in [5.41, 5.74) is 0.822. The fourth-order valence-corrected chi connectivity index (χ4v) is 3.32. The van der Waals surface area contributed by atoms with Crippen LogP contribution in [0.4, 0.5) is 5.95 Å². The van der Waals surface area contributed by atoms with E-state index in [9.17, 15) is 4.79 Å². The Morgan fingerprint density at radius 1 is 1.41 bits per heavy atom. The number of hydrogen-bond donors (Lipinski definition) is 3. The number of nitrogens with one attached hydrogen (secondary N) is 3. The van der Waals surface area contributed by atoms with E-state index < -0.39 is 0 Å². The minimum absolute atomic E-state index is 0.00662. The van der Waals surface area contributed by atoms with Crippen molar-refractivity contribution in [2.24, 2.45) is 0 Å². The van der Waals surface area contributed by atoms with Gasteiger partial charge < -0.3 is 16.0 Å². The van der Waals surface area contributed by atoms with Crippen molar-refractivity contribution in [3.05, 3.63) is 29.3 Å². The van der Waals surface area contributed by atoms with Crippen LogP contribution < -0.4 is 16.0 Å². The molecule has 0 radical (unpaired) electrons. The van der Waals surface area contributed by atoms with Crippen LogP contribution in [-0.2, 0) is 0 Å². The molecule has 3 N–H and O–H groups in total. The molecule has 0 bridgehead atoms. The van der Waals surface area contributed by atoms with Gasteiger partial charge >= 0.3 is 0 Å². The van der Waals surface area contributed by atoms with Gasteiger partial charge in [-0.25, -0.2) is 9.97 Å². The van der Waals surface area contributed by atoms with Gasteiger partial charge in [0.2, 0.25) is 5.95 Å². The number of nitrogens with zero attached hydrogens (tertiary/aromatic N) is 2. The van der Waals surface area contributed by atoms with E-state index in [1.54, 1.807) is 13.2 Å². The molecular weight excluding hydrogens is 298 g/mol. The molecule has 0 spiro atoms. The highest BCUT2D eigenvalue weighted by molar-refractivity contribution is 7.17. The van der Waals surface area contributed by atoms with Gasteiger partial charge in [-0.05, 0) is 37.6 Å². The van der Waals surface area contributed by atoms with Gasteiger partial charge in [-0.1, -0.05) is 0 Å². The van der Waals surface area contributed by atoms with Gasteiger partial charge in [-0.2, -0.15) is 0 Å². The smallest absolute Gasteiger partial charge is 0.261 e. The molecule has 1 fully saturated rings. The maximum absolute atomic E-state index is 12.3. The maximum Gasteiger partial charge on any atom is 0.261 e. The van der Waals surface area contributed by atoms with Gasteiger partial charge in [0.1, 0.15) is 0 Å². The molecule has 6 nitrogen and oxygen atoms in total. The maximum atomic E-state index is 12.3. The third-order valence-corrected chi connectivity index (χ3v) is 4.70. The highest BCUT2D eigenvalue weighted by Crippen LogP contribution is 2.27. The van der Waals surface area contributed by atoms with Crippen LogP contribution >= 0.6 is 11.3 Å². The van der Waals surface area contributed by atoms with Crippen molar-refractivity contribution in [1.82, 2.24) is 20.6 Å². The quantitative estimate of drug-likeness (QED) is 0.800. The lowest BCUT2D eigenvalue weighted by atomic mass is 10.1. The molecule has 0 saturated carbocycles. The van der Waals surface area contributed by atoms with Crippen LogP contribution in [-0.4, -0.2) is 42.1 Å². The fraction of sp³-hybridized carbons (Fsp3) is 0.400. The first kappa shape index (κ1) is 14.9. The number of amides is 1. The Morgan fingerprint density at radius 2 is 2.32 bits per heavy atom. The first-order valence-electron chi connectivity index (χ1n) is 7.39. The van der Waals surface area contributed by atoms with E-state index >= 15 is 0 Å². The van der Waals surface area contributed by atoms with Crippen molar-refractivity contribution in [2.75, 3.05) is 25.5 Å². The van der Waals surface area contributed by atoms with Crippen molar-refractivity contribution >= 4 is 23.2 Å². The molecule has 7 heteroatoms. The van der Waals surface area contributed by atoms with E-state index in [1.165, 1.54) is 11.3 Å². The minimum atomic E-state index is -0.00662. The van der Waals surface area contributed by atoms with Gasteiger partial charge in [-0.15, -0.1) is 11.3 Å². The van der Waals surface area contributed by atoms with E-state index in [2.05, 4.69) is 25.9 Å². The summed E-state index contributed by atoms with van der Waals surface area (Å²) in [4.78, 5) is 22.5. The van der Waals surface area contributed by atoms with E-state index in [0.717, 1.165) is 36.5 Å². The number of anilines is 1. The molecule has 3 heterocycles. The lowest BCUT2D eigenvalue weighted by molar-refractivity contribution is 0.0935. The average Bonchev–Trinajstić information content (AvgIpc) is 3.06. The number of hydrogen-bond acceptors (Lipinski definition) is 6. The molecule has 116 valence electrons. The van der Waals surface area contributed by atoms with E-state index in [1.807, 2.05) is 18.2 Å². The van der Waals surface area contributed by atoms with Crippen LogP contribution in [0.25, 0.3) is 10.6 Å². The van der Waals surface area contributed by atoms with Crippen LogP contribution in [0.3, 0.4) is 0 Å². The zero-order valence-electron chi connectivity index (χ0n) is 12.4. The minimum Gasteiger partial charge on any atom is -0.357 e. The second-order valence-electron chi connectivity index (χ2n) is 5.20. The number of thiophene rings is 1. The first-order chi connectivity index (χ1) is 10.8. The molecule has 2 aromatic rings. The van der Waals surface area contributed by atoms with Crippen LogP contribution in [0, 0.1) is 0 Å². The molecule has 3 rings (SSSR count). The Labute approximate surface area is 133 Å². The van der Waals surface area contributed by atoms with Crippen molar-refractivity contribution in [3.8, 4) is 10.6 Å². The molecule has 1 saturated heterocycles. The van der Waals surface area contributed by atoms with Crippen LogP contribution in [0.2, 0.25) is 0 Å². The Balaban J connectivity index is 1.70. The fourth-order valence-electron chi connectivity index (χ4n) is 2.45. The van der Waals surface area contributed by atoms with E-state index in [0.29, 0.717) is 10.8 Å². The summed E-state index contributed by atoms with van der Waals surface area (Å²) < 4.78 is 0. The molecule has 22 heavy (non-hydrogen) atoms. The number of carbonyl (C=O) groups excluding carboxylic acids is 1. The number of carbonyl (C=O) groups is 1. The summed E-state index contributed by atoms with van der Waals surface area (Å²) in [5, 5.41) is 9.30. The predicted octanol–water partition coefficient (Wildman–Crippen LogP) is 1.73. The Hall–Kier alpha value is -1.99. The number of rotatable bonds is 4. The van der Waals surface area contributed by atoms with Gasteiger partial charge in [0.05, 0.1) is 15.4 Å². The zero-order chi connectivity index (χ0) is 15.4. The molecule has 0 aromatic carbocycles. The summed E-state index contributed by atoms with van der Waals surface area (Å²) in [6, 6.07) is 5.86. The Morgan fingerprint density at radius 3 is 3.09 bits per heavy atom. The third-order valence-electron chi connectivity index (χ3n) is 3.59. The lowest BCUT2D eigenvalue weighted by Crippen LogP contribution is -2.45. The van der Waals surface area contributed by atoms with Crippen LogP contribution in [0.1, 0.15) is 22.5 Å². The van der Waals surface area contributed by atoms with Gasteiger partial charge in [0.25, 0.3) is 5.91 Å². The third kappa shape index (κ3) is 3.42. The first-order valence-corrected chi connectivity index (χ1v) is 8.20. The summed E-state index contributed by atoms with van der Waals surface area (Å²) in [5.74, 6) is 0.568. The Kier molecular flexibility index (Phi) is 4.65. The normalized spacial score (nSPS) is 18.0. The second kappa shape index (κ2) is 6.85. The molecule has 1 aliphatic heterocycles. The molecule has 1 unspecified atom stereocenters. The number of piperidine rings is 1. The van der Waals surface area contributed by atoms with Gasteiger partial charge in [-0.3, -0.25) is 4.79 Å². The zero-order valence-corrected chi connectivity index (χ0v) is 13.2. The summed E-state index contributed by atoms with van der Waals surface area (Å²) >= 11 is 1.45. The highest BCUT2D eigenvalue weighted by atomic mass is 32.1. The Bertz CT molecular complexity index is 651. The second-order valence-corrected chi connectivity index (χ2v) is 6.28. The molecule has 1 atom stereocenters. The lowest BCUT2D eigenvalue weighted by Gasteiger charge is -2.23. The number of aromatic nitrogens is 2. The summed E-state index contributed by atoms with van der Waals surface area (Å²) in [6.07, 6.45) is 3.85. The van der Waals surface area contributed by atoms with Crippen molar-refractivity contribution < 1.29 is 4.79 Å². The highest BCUT2D eigenvalue weighted by Gasteiger charge is 2.18. The average molecular weight is 317 g/mol.